The zero-order valence-electron chi connectivity index (χ0n) is 11.2. The summed E-state index contributed by atoms with van der Waals surface area (Å²) in [5.74, 6) is 0. The number of nitrogens with zero attached hydrogens (tertiary/aromatic N) is 1. The van der Waals surface area contributed by atoms with E-state index in [2.05, 4.69) is 15.6 Å². The molecule has 2 amide bonds. The molecular weight excluding hydrogens is 287 g/mol. The number of nitrogens with one attached hydrogen (secondary N) is 2. The Kier molecular flexibility index (Phi) is 4.36. The van der Waals surface area contributed by atoms with Gasteiger partial charge in [-0.2, -0.15) is 13.2 Å². The molecule has 0 bridgehead atoms. The third-order valence-corrected chi connectivity index (χ3v) is 3.55. The highest BCUT2D eigenvalue weighted by Crippen LogP contribution is 2.29. The van der Waals surface area contributed by atoms with Crippen molar-refractivity contribution in [1.82, 2.24) is 10.3 Å². The van der Waals surface area contributed by atoms with Gasteiger partial charge in [0.05, 0.1) is 24.0 Å². The molecule has 1 aromatic heterocycles. The first-order valence-electron chi connectivity index (χ1n) is 6.58. The number of alkyl halides is 3. The molecule has 0 aliphatic heterocycles. The highest BCUT2D eigenvalue weighted by atomic mass is 19.4. The van der Waals surface area contributed by atoms with Gasteiger partial charge in [0.1, 0.15) is 5.69 Å². The highest BCUT2D eigenvalue weighted by Gasteiger charge is 2.35. The topological polar surface area (TPSA) is 74.2 Å². The summed E-state index contributed by atoms with van der Waals surface area (Å²) in [7, 11) is 0. The third-order valence-electron chi connectivity index (χ3n) is 3.55. The van der Waals surface area contributed by atoms with Gasteiger partial charge in [0, 0.05) is 0 Å². The molecule has 116 valence electrons. The van der Waals surface area contributed by atoms with Crippen LogP contribution < -0.4 is 10.6 Å². The Balaban J connectivity index is 1.96. The van der Waals surface area contributed by atoms with Crippen molar-refractivity contribution >= 4 is 11.7 Å². The molecule has 2 rings (SSSR count). The van der Waals surface area contributed by atoms with Crippen LogP contribution in [-0.2, 0) is 6.18 Å². The van der Waals surface area contributed by atoms with Crippen molar-refractivity contribution in [3.05, 3.63) is 24.0 Å². The molecule has 0 atom stereocenters. The molecule has 1 heterocycles. The fourth-order valence-electron chi connectivity index (χ4n) is 2.41. The normalized spacial score (nSPS) is 17.5. The summed E-state index contributed by atoms with van der Waals surface area (Å²) in [6.45, 7) is -0.161. The van der Waals surface area contributed by atoms with Crippen molar-refractivity contribution in [3.8, 4) is 0 Å². The van der Waals surface area contributed by atoms with Gasteiger partial charge in [-0.05, 0) is 25.0 Å². The maximum atomic E-state index is 12.4. The smallest absolute Gasteiger partial charge is 0.394 e. The van der Waals surface area contributed by atoms with E-state index in [4.69, 9.17) is 0 Å². The molecule has 21 heavy (non-hydrogen) atoms. The molecule has 1 aromatic rings. The molecule has 0 unspecified atom stereocenters. The first kappa shape index (κ1) is 15.6. The molecule has 5 nitrogen and oxygen atoms in total. The van der Waals surface area contributed by atoms with Crippen LogP contribution in [-0.4, -0.2) is 28.3 Å². The number of amides is 2. The van der Waals surface area contributed by atoms with E-state index >= 15 is 0 Å². The molecule has 1 aliphatic rings. The Morgan fingerprint density at radius 2 is 2.00 bits per heavy atom. The Morgan fingerprint density at radius 3 is 2.48 bits per heavy atom. The van der Waals surface area contributed by atoms with Crippen LogP contribution in [0.3, 0.4) is 0 Å². The van der Waals surface area contributed by atoms with Gasteiger partial charge in [0.2, 0.25) is 0 Å². The van der Waals surface area contributed by atoms with Crippen LogP contribution in [0.1, 0.15) is 31.4 Å². The lowest BCUT2D eigenvalue weighted by atomic mass is 9.99. The van der Waals surface area contributed by atoms with E-state index in [9.17, 15) is 23.1 Å². The minimum absolute atomic E-state index is 0.159. The summed E-state index contributed by atoms with van der Waals surface area (Å²) < 4.78 is 37.1. The van der Waals surface area contributed by atoms with E-state index < -0.39 is 23.4 Å². The molecular formula is C13H16F3N3O2. The standard InChI is InChI=1S/C13H16F3N3O2/c14-13(15,16)10-4-3-9(7-17-10)18-11(21)19-12(8-20)5-1-2-6-12/h3-4,7,20H,1-2,5-6,8H2,(H2,18,19,21). The van der Waals surface area contributed by atoms with E-state index in [1.807, 2.05) is 0 Å². The van der Waals surface area contributed by atoms with Gasteiger partial charge in [-0.15, -0.1) is 0 Å². The molecule has 1 aliphatic carbocycles. The number of hydrogen-bond donors (Lipinski definition) is 3. The summed E-state index contributed by atoms with van der Waals surface area (Å²) in [5.41, 5.74) is -1.49. The fraction of sp³-hybridized carbons (Fsp3) is 0.538. The summed E-state index contributed by atoms with van der Waals surface area (Å²) >= 11 is 0. The van der Waals surface area contributed by atoms with Crippen molar-refractivity contribution in [1.29, 1.82) is 0 Å². The molecule has 0 spiro atoms. The lowest BCUT2D eigenvalue weighted by molar-refractivity contribution is -0.141. The fourth-order valence-corrected chi connectivity index (χ4v) is 2.41. The van der Waals surface area contributed by atoms with Crippen LogP contribution in [0.25, 0.3) is 0 Å². The maximum absolute atomic E-state index is 12.4. The Hall–Kier alpha value is -1.83. The van der Waals surface area contributed by atoms with Crippen molar-refractivity contribution < 1.29 is 23.1 Å². The Bertz CT molecular complexity index is 496. The first-order valence-corrected chi connectivity index (χ1v) is 6.58. The second kappa shape index (κ2) is 5.88. The second-order valence-electron chi connectivity index (χ2n) is 5.15. The van der Waals surface area contributed by atoms with Crippen molar-refractivity contribution in [3.63, 3.8) is 0 Å². The largest absolute Gasteiger partial charge is 0.433 e. The van der Waals surface area contributed by atoms with Crippen LogP contribution in [0, 0.1) is 0 Å². The zero-order chi connectivity index (χ0) is 15.5. The van der Waals surface area contributed by atoms with E-state index in [1.54, 1.807) is 0 Å². The van der Waals surface area contributed by atoms with Crippen LogP contribution in [0.5, 0.6) is 0 Å². The molecule has 8 heteroatoms. The van der Waals surface area contributed by atoms with E-state index in [-0.39, 0.29) is 12.3 Å². The Morgan fingerprint density at radius 1 is 1.33 bits per heavy atom. The van der Waals surface area contributed by atoms with Crippen molar-refractivity contribution in [2.24, 2.45) is 0 Å². The lowest BCUT2D eigenvalue weighted by Crippen LogP contribution is -2.50. The van der Waals surface area contributed by atoms with Crippen molar-refractivity contribution in [2.45, 2.75) is 37.4 Å². The summed E-state index contributed by atoms with van der Waals surface area (Å²) in [5, 5.41) is 14.5. The summed E-state index contributed by atoms with van der Waals surface area (Å²) in [6.07, 6.45) is -0.357. The number of aliphatic hydroxyl groups is 1. The number of hydrogen-bond acceptors (Lipinski definition) is 3. The number of halogens is 3. The number of carbonyl (C=O) groups is 1. The predicted octanol–water partition coefficient (Wildman–Crippen LogP) is 2.53. The molecule has 1 saturated carbocycles. The number of aliphatic hydroxyl groups excluding tert-OH is 1. The van der Waals surface area contributed by atoms with Crippen LogP contribution in [0.4, 0.5) is 23.7 Å². The number of rotatable bonds is 3. The molecule has 0 radical (unpaired) electrons. The van der Waals surface area contributed by atoms with E-state index in [1.165, 1.54) is 0 Å². The number of pyridine rings is 1. The minimum Gasteiger partial charge on any atom is -0.394 e. The SMILES string of the molecule is O=C(Nc1ccc(C(F)(F)F)nc1)NC1(CO)CCCC1. The predicted molar refractivity (Wildman–Crippen MR) is 69.7 cm³/mol. The number of carbonyl (C=O) groups excluding carboxylic acids is 1. The average Bonchev–Trinajstić information content (AvgIpc) is 2.87. The molecule has 0 aromatic carbocycles. The van der Waals surface area contributed by atoms with Crippen LogP contribution >= 0.6 is 0 Å². The molecule has 1 fully saturated rings. The van der Waals surface area contributed by atoms with E-state index in [0.29, 0.717) is 12.8 Å². The molecule has 0 saturated heterocycles. The molecule has 3 N–H and O–H groups in total. The van der Waals surface area contributed by atoms with Gasteiger partial charge in [-0.1, -0.05) is 12.8 Å². The van der Waals surface area contributed by atoms with Crippen LogP contribution in [0.15, 0.2) is 18.3 Å². The monoisotopic (exact) mass is 303 g/mol. The van der Waals surface area contributed by atoms with Gasteiger partial charge in [0.15, 0.2) is 0 Å². The van der Waals surface area contributed by atoms with Gasteiger partial charge < -0.3 is 15.7 Å². The highest BCUT2D eigenvalue weighted by molar-refractivity contribution is 5.89. The number of aromatic nitrogens is 1. The van der Waals surface area contributed by atoms with Gasteiger partial charge >= 0.3 is 12.2 Å². The quantitative estimate of drug-likeness (QED) is 0.803. The third kappa shape index (κ3) is 3.84. The average molecular weight is 303 g/mol. The van der Waals surface area contributed by atoms with Gasteiger partial charge in [-0.3, -0.25) is 0 Å². The summed E-state index contributed by atoms with van der Waals surface area (Å²) in [6, 6.07) is 1.37. The lowest BCUT2D eigenvalue weighted by Gasteiger charge is -2.27. The second-order valence-corrected chi connectivity index (χ2v) is 5.15. The van der Waals surface area contributed by atoms with E-state index in [0.717, 1.165) is 31.2 Å². The number of anilines is 1. The van der Waals surface area contributed by atoms with Gasteiger partial charge in [-0.25, -0.2) is 9.78 Å². The first-order chi connectivity index (χ1) is 9.85. The number of urea groups is 1. The van der Waals surface area contributed by atoms with Crippen molar-refractivity contribution in [2.75, 3.05) is 11.9 Å². The Labute approximate surface area is 119 Å². The van der Waals surface area contributed by atoms with Gasteiger partial charge in [0.25, 0.3) is 0 Å². The van der Waals surface area contributed by atoms with Crippen LogP contribution in [0.2, 0.25) is 0 Å². The minimum atomic E-state index is -4.51. The maximum Gasteiger partial charge on any atom is 0.433 e. The summed E-state index contributed by atoms with van der Waals surface area (Å²) in [4.78, 5) is 15.1. The zero-order valence-corrected chi connectivity index (χ0v) is 11.2.